The molecule has 3 saturated carbocycles. The molecule has 7 heteroatoms. The summed E-state index contributed by atoms with van der Waals surface area (Å²) >= 11 is 0. The highest BCUT2D eigenvalue weighted by atomic mass is 16.2. The third-order valence-corrected chi connectivity index (χ3v) is 7.56. The van der Waals surface area contributed by atoms with E-state index in [1.807, 2.05) is 7.05 Å². The first-order valence-electron chi connectivity index (χ1n) is 11.3. The quantitative estimate of drug-likeness (QED) is 0.823. The van der Waals surface area contributed by atoms with E-state index in [-0.39, 0.29) is 35.7 Å². The number of hydrogen-bond donors (Lipinski definition) is 1. The summed E-state index contributed by atoms with van der Waals surface area (Å²) in [6.45, 7) is 5.40. The van der Waals surface area contributed by atoms with E-state index >= 15 is 0 Å². The summed E-state index contributed by atoms with van der Waals surface area (Å²) in [7, 11) is 1.86. The van der Waals surface area contributed by atoms with Crippen LogP contribution in [0.4, 0.5) is 0 Å². The second-order valence-electron chi connectivity index (χ2n) is 10.6. The first-order chi connectivity index (χ1) is 13.8. The maximum absolute atomic E-state index is 13.2. The average molecular weight is 400 g/mol. The zero-order valence-corrected chi connectivity index (χ0v) is 17.9. The van der Waals surface area contributed by atoms with Crippen LogP contribution in [0.25, 0.3) is 0 Å². The Kier molecular flexibility index (Phi) is 4.48. The first kappa shape index (κ1) is 19.1. The summed E-state index contributed by atoms with van der Waals surface area (Å²) in [6, 6.07) is 0.248. The lowest BCUT2D eigenvalue weighted by Gasteiger charge is -2.35. The zero-order valence-electron chi connectivity index (χ0n) is 17.9. The number of likely N-dealkylation sites (tertiary alicyclic amines) is 1. The van der Waals surface area contributed by atoms with Crippen LogP contribution in [0.3, 0.4) is 0 Å². The van der Waals surface area contributed by atoms with Gasteiger partial charge in [-0.05, 0) is 56.3 Å². The number of hydrogen-bond acceptors (Lipinski definition) is 4. The zero-order chi connectivity index (χ0) is 20.3. The molecule has 1 saturated heterocycles. The molecule has 0 spiro atoms. The Balaban J connectivity index is 1.20. The van der Waals surface area contributed by atoms with E-state index in [0.717, 1.165) is 63.1 Å². The predicted molar refractivity (Wildman–Crippen MR) is 108 cm³/mol. The van der Waals surface area contributed by atoms with Gasteiger partial charge in [-0.1, -0.05) is 13.8 Å². The number of nitrogens with zero attached hydrogens (tertiary/aromatic N) is 4. The van der Waals surface area contributed by atoms with Gasteiger partial charge in [-0.2, -0.15) is 5.10 Å². The number of fused-ring (bicyclic) bond motifs is 2. The average Bonchev–Trinajstić information content (AvgIpc) is 2.96. The van der Waals surface area contributed by atoms with Crippen LogP contribution in [0.1, 0.15) is 76.4 Å². The van der Waals surface area contributed by atoms with Gasteiger partial charge in [0.2, 0.25) is 11.8 Å². The lowest BCUT2D eigenvalue weighted by molar-refractivity contribution is -0.138. The lowest BCUT2D eigenvalue weighted by Crippen LogP contribution is -2.53. The number of aromatic nitrogens is 3. The first-order valence-corrected chi connectivity index (χ1v) is 11.3. The van der Waals surface area contributed by atoms with Gasteiger partial charge in [0.05, 0.1) is 12.5 Å². The molecule has 0 radical (unpaired) electrons. The molecule has 0 aromatic carbocycles. The Morgan fingerprint density at radius 2 is 2.00 bits per heavy atom. The van der Waals surface area contributed by atoms with Gasteiger partial charge in [-0.25, -0.2) is 4.98 Å². The Bertz CT molecular complexity index is 827. The fraction of sp³-hybridized carbons (Fsp3) is 0.818. The molecule has 4 fully saturated rings. The highest BCUT2D eigenvalue weighted by Crippen LogP contribution is 2.45. The molecule has 1 unspecified atom stereocenters. The monoisotopic (exact) mass is 399 g/mol. The lowest BCUT2D eigenvalue weighted by atomic mass is 9.90. The molecular weight excluding hydrogens is 366 g/mol. The van der Waals surface area contributed by atoms with Crippen molar-refractivity contribution in [1.82, 2.24) is 25.0 Å². The van der Waals surface area contributed by atoms with Gasteiger partial charge in [0.1, 0.15) is 5.82 Å². The largest absolute Gasteiger partial charge is 0.351 e. The van der Waals surface area contributed by atoms with E-state index < -0.39 is 0 Å². The van der Waals surface area contributed by atoms with E-state index in [1.165, 1.54) is 0 Å². The summed E-state index contributed by atoms with van der Waals surface area (Å²) < 4.78 is 1.74. The number of carbonyl (C=O) groups is 2. The molecule has 4 aliphatic rings. The molecule has 2 bridgehead atoms. The van der Waals surface area contributed by atoms with Crippen molar-refractivity contribution < 1.29 is 9.59 Å². The highest BCUT2D eigenvalue weighted by molar-refractivity contribution is 5.81. The minimum absolute atomic E-state index is 0.00482. The standard InChI is InChI=1S/C22H33N5O2/c1-22(2)7-6-15(11-22)21(29)27-12-13-8-16(17(27)9-13)23-19(28)10-18-24-20(14-4-5-14)25-26(18)3/h13-17H,4-12H2,1-3H3,(H,23,28)/t13-,15?,16-,17-/m1/s1. The van der Waals surface area contributed by atoms with Crippen LogP contribution in [0.15, 0.2) is 0 Å². The molecule has 4 atom stereocenters. The van der Waals surface area contributed by atoms with Gasteiger partial charge in [-0.3, -0.25) is 14.3 Å². The molecule has 1 aromatic rings. The second-order valence-corrected chi connectivity index (χ2v) is 10.6. The van der Waals surface area contributed by atoms with Crippen molar-refractivity contribution in [2.24, 2.45) is 24.3 Å². The molecular formula is C22H33N5O2. The second kappa shape index (κ2) is 6.81. The summed E-state index contributed by atoms with van der Waals surface area (Å²) in [4.78, 5) is 32.5. The van der Waals surface area contributed by atoms with Crippen LogP contribution in [0.5, 0.6) is 0 Å². The molecule has 7 nitrogen and oxygen atoms in total. The van der Waals surface area contributed by atoms with Gasteiger partial charge < -0.3 is 10.2 Å². The number of rotatable bonds is 5. The summed E-state index contributed by atoms with van der Waals surface area (Å²) in [6.07, 6.45) is 7.72. The Labute approximate surface area is 172 Å². The van der Waals surface area contributed by atoms with Gasteiger partial charge in [-0.15, -0.1) is 0 Å². The fourth-order valence-corrected chi connectivity index (χ4v) is 5.82. The van der Waals surface area contributed by atoms with Crippen LogP contribution in [0.2, 0.25) is 0 Å². The summed E-state index contributed by atoms with van der Waals surface area (Å²) in [5.41, 5.74) is 0.280. The number of amides is 2. The minimum atomic E-state index is -0.00482. The Morgan fingerprint density at radius 3 is 2.66 bits per heavy atom. The topological polar surface area (TPSA) is 80.1 Å². The van der Waals surface area contributed by atoms with Crippen LogP contribution >= 0.6 is 0 Å². The molecule has 2 amide bonds. The maximum Gasteiger partial charge on any atom is 0.227 e. The third-order valence-electron chi connectivity index (χ3n) is 7.56. The molecule has 3 aliphatic carbocycles. The Morgan fingerprint density at radius 1 is 1.21 bits per heavy atom. The van der Waals surface area contributed by atoms with Gasteiger partial charge in [0, 0.05) is 31.5 Å². The van der Waals surface area contributed by atoms with Gasteiger partial charge in [0.15, 0.2) is 5.82 Å². The third kappa shape index (κ3) is 3.68. The molecule has 158 valence electrons. The molecule has 5 rings (SSSR count). The molecule has 1 aromatic heterocycles. The number of carbonyl (C=O) groups excluding carboxylic acids is 2. The smallest absolute Gasteiger partial charge is 0.227 e. The van der Waals surface area contributed by atoms with Crippen LogP contribution < -0.4 is 5.32 Å². The summed E-state index contributed by atoms with van der Waals surface area (Å²) in [5, 5.41) is 7.68. The van der Waals surface area contributed by atoms with E-state index in [2.05, 4.69) is 34.1 Å². The van der Waals surface area contributed by atoms with Crippen LogP contribution in [-0.4, -0.2) is 50.1 Å². The number of aryl methyl sites for hydroxylation is 1. The molecule has 29 heavy (non-hydrogen) atoms. The number of piperidine rings is 1. The SMILES string of the molecule is Cn1nc(C2CC2)nc1CC(=O)N[C@@H]1C[C@@H]2C[C@H]1N(C(=O)C1CCC(C)(C)C1)C2. The van der Waals surface area contributed by atoms with Crippen molar-refractivity contribution in [1.29, 1.82) is 0 Å². The molecule has 1 N–H and O–H groups in total. The molecule has 2 heterocycles. The Hall–Kier alpha value is -1.92. The van der Waals surface area contributed by atoms with E-state index in [1.54, 1.807) is 4.68 Å². The van der Waals surface area contributed by atoms with Gasteiger partial charge >= 0.3 is 0 Å². The van der Waals surface area contributed by atoms with Crippen molar-refractivity contribution in [2.45, 2.75) is 83.2 Å². The van der Waals surface area contributed by atoms with E-state index in [9.17, 15) is 9.59 Å². The number of nitrogens with one attached hydrogen (secondary N) is 1. The minimum Gasteiger partial charge on any atom is -0.351 e. The predicted octanol–water partition coefficient (Wildman–Crippen LogP) is 2.17. The van der Waals surface area contributed by atoms with Crippen LogP contribution in [0, 0.1) is 17.3 Å². The van der Waals surface area contributed by atoms with Crippen molar-refractivity contribution >= 4 is 11.8 Å². The van der Waals surface area contributed by atoms with E-state index in [0.29, 0.717) is 17.7 Å². The molecule has 1 aliphatic heterocycles. The van der Waals surface area contributed by atoms with Crippen molar-refractivity contribution in [3.8, 4) is 0 Å². The highest BCUT2D eigenvalue weighted by Gasteiger charge is 2.49. The van der Waals surface area contributed by atoms with Crippen LogP contribution in [-0.2, 0) is 23.1 Å². The maximum atomic E-state index is 13.2. The van der Waals surface area contributed by atoms with Gasteiger partial charge in [0.25, 0.3) is 0 Å². The normalized spacial score (nSPS) is 32.7. The van der Waals surface area contributed by atoms with Crippen molar-refractivity contribution in [3.05, 3.63) is 11.6 Å². The van der Waals surface area contributed by atoms with Crippen molar-refractivity contribution in [3.63, 3.8) is 0 Å². The van der Waals surface area contributed by atoms with E-state index in [4.69, 9.17) is 0 Å². The van der Waals surface area contributed by atoms with Crippen molar-refractivity contribution in [2.75, 3.05) is 6.54 Å². The summed E-state index contributed by atoms with van der Waals surface area (Å²) in [5.74, 6) is 3.11. The fourth-order valence-electron chi connectivity index (χ4n) is 5.82.